The highest BCUT2D eigenvalue weighted by atomic mass is 14.8. The van der Waals surface area contributed by atoms with E-state index in [4.69, 9.17) is 0 Å². The van der Waals surface area contributed by atoms with E-state index in [-0.39, 0.29) is 0 Å². The second-order valence-corrected chi connectivity index (χ2v) is 4.28. The standard InChI is InChI=1S/C11H21N/c1-8-5-9(2)11(7-12-4)10(3)6-8/h5,9-12H,6-7H2,1-4H3. The van der Waals surface area contributed by atoms with Crippen molar-refractivity contribution in [1.29, 1.82) is 0 Å². The van der Waals surface area contributed by atoms with Crippen molar-refractivity contribution in [2.75, 3.05) is 13.6 Å². The second kappa shape index (κ2) is 4.08. The quantitative estimate of drug-likeness (QED) is 0.623. The molecule has 1 heteroatoms. The Kier molecular flexibility index (Phi) is 3.33. The van der Waals surface area contributed by atoms with Gasteiger partial charge in [0, 0.05) is 0 Å². The monoisotopic (exact) mass is 167 g/mol. The molecule has 0 aromatic rings. The van der Waals surface area contributed by atoms with Crippen LogP contribution >= 0.6 is 0 Å². The third-order valence-corrected chi connectivity index (χ3v) is 3.04. The Labute approximate surface area is 76.2 Å². The number of allylic oxidation sites excluding steroid dienone is 2. The molecule has 70 valence electrons. The highest BCUT2D eigenvalue weighted by Crippen LogP contribution is 2.32. The zero-order valence-electron chi connectivity index (χ0n) is 8.72. The van der Waals surface area contributed by atoms with E-state index in [1.165, 1.54) is 6.42 Å². The van der Waals surface area contributed by atoms with Gasteiger partial charge in [0.15, 0.2) is 0 Å². The minimum Gasteiger partial charge on any atom is -0.319 e. The van der Waals surface area contributed by atoms with Crippen molar-refractivity contribution in [2.24, 2.45) is 17.8 Å². The minimum absolute atomic E-state index is 0.751. The molecule has 0 heterocycles. The molecule has 0 saturated heterocycles. The van der Waals surface area contributed by atoms with Gasteiger partial charge in [-0.25, -0.2) is 0 Å². The SMILES string of the molecule is CNCC1C(C)C=C(C)CC1C. The lowest BCUT2D eigenvalue weighted by Crippen LogP contribution is -2.31. The van der Waals surface area contributed by atoms with Crippen LogP contribution in [0.5, 0.6) is 0 Å². The topological polar surface area (TPSA) is 12.0 Å². The number of hydrogen-bond acceptors (Lipinski definition) is 1. The number of nitrogens with one attached hydrogen (secondary N) is 1. The smallest absolute Gasteiger partial charge is 0.00153 e. The van der Waals surface area contributed by atoms with E-state index in [0.717, 1.165) is 24.3 Å². The Balaban J connectivity index is 2.62. The fraction of sp³-hybridized carbons (Fsp3) is 0.818. The van der Waals surface area contributed by atoms with E-state index in [2.05, 4.69) is 32.2 Å². The zero-order chi connectivity index (χ0) is 9.14. The fourth-order valence-electron chi connectivity index (χ4n) is 2.44. The van der Waals surface area contributed by atoms with Crippen molar-refractivity contribution in [1.82, 2.24) is 5.32 Å². The van der Waals surface area contributed by atoms with Gasteiger partial charge in [-0.05, 0) is 44.7 Å². The summed E-state index contributed by atoms with van der Waals surface area (Å²) in [7, 11) is 2.05. The lowest BCUT2D eigenvalue weighted by atomic mass is 9.75. The third kappa shape index (κ3) is 2.10. The molecule has 0 radical (unpaired) electrons. The van der Waals surface area contributed by atoms with Crippen molar-refractivity contribution in [3.05, 3.63) is 11.6 Å². The molecule has 0 spiro atoms. The predicted octanol–water partition coefficient (Wildman–Crippen LogP) is 2.44. The van der Waals surface area contributed by atoms with Crippen molar-refractivity contribution < 1.29 is 0 Å². The molecular weight excluding hydrogens is 146 g/mol. The minimum atomic E-state index is 0.751. The number of rotatable bonds is 2. The van der Waals surface area contributed by atoms with E-state index in [1.807, 2.05) is 7.05 Å². The molecule has 0 aromatic carbocycles. The molecule has 1 aliphatic carbocycles. The Morgan fingerprint density at radius 1 is 1.50 bits per heavy atom. The summed E-state index contributed by atoms with van der Waals surface area (Å²) in [4.78, 5) is 0. The van der Waals surface area contributed by atoms with Gasteiger partial charge < -0.3 is 5.32 Å². The van der Waals surface area contributed by atoms with Gasteiger partial charge in [0.1, 0.15) is 0 Å². The van der Waals surface area contributed by atoms with Crippen LogP contribution in [0, 0.1) is 17.8 Å². The number of hydrogen-bond donors (Lipinski definition) is 1. The molecule has 1 rings (SSSR count). The van der Waals surface area contributed by atoms with Crippen molar-refractivity contribution >= 4 is 0 Å². The van der Waals surface area contributed by atoms with Crippen LogP contribution in [0.2, 0.25) is 0 Å². The van der Waals surface area contributed by atoms with Crippen LogP contribution in [0.25, 0.3) is 0 Å². The van der Waals surface area contributed by atoms with Crippen LogP contribution < -0.4 is 5.32 Å². The summed E-state index contributed by atoms with van der Waals surface area (Å²) in [6, 6.07) is 0. The summed E-state index contributed by atoms with van der Waals surface area (Å²) in [6.07, 6.45) is 3.72. The largest absolute Gasteiger partial charge is 0.319 e. The molecule has 0 aliphatic heterocycles. The van der Waals surface area contributed by atoms with E-state index < -0.39 is 0 Å². The molecule has 0 saturated carbocycles. The van der Waals surface area contributed by atoms with Gasteiger partial charge in [-0.3, -0.25) is 0 Å². The molecule has 1 aliphatic rings. The zero-order valence-corrected chi connectivity index (χ0v) is 8.72. The predicted molar refractivity (Wildman–Crippen MR) is 54.1 cm³/mol. The maximum atomic E-state index is 3.28. The average Bonchev–Trinajstić information content (AvgIpc) is 1.96. The third-order valence-electron chi connectivity index (χ3n) is 3.04. The molecule has 1 nitrogen and oxygen atoms in total. The lowest BCUT2D eigenvalue weighted by Gasteiger charge is -2.32. The first-order valence-electron chi connectivity index (χ1n) is 4.97. The Morgan fingerprint density at radius 3 is 2.67 bits per heavy atom. The van der Waals surface area contributed by atoms with E-state index in [9.17, 15) is 0 Å². The Bertz CT molecular complexity index is 172. The lowest BCUT2D eigenvalue weighted by molar-refractivity contribution is 0.267. The maximum Gasteiger partial charge on any atom is -0.00153 e. The van der Waals surface area contributed by atoms with Crippen LogP contribution in [0.4, 0.5) is 0 Å². The van der Waals surface area contributed by atoms with Crippen LogP contribution in [0.15, 0.2) is 11.6 Å². The van der Waals surface area contributed by atoms with Crippen LogP contribution in [-0.2, 0) is 0 Å². The summed E-state index contributed by atoms with van der Waals surface area (Å²) >= 11 is 0. The summed E-state index contributed by atoms with van der Waals surface area (Å²) in [5.41, 5.74) is 1.57. The first-order chi connectivity index (χ1) is 5.65. The van der Waals surface area contributed by atoms with Gasteiger partial charge in [0.25, 0.3) is 0 Å². The normalized spacial score (nSPS) is 36.3. The molecule has 0 amide bonds. The molecule has 0 bridgehead atoms. The maximum absolute atomic E-state index is 3.28. The first kappa shape index (κ1) is 9.79. The Hall–Kier alpha value is -0.300. The van der Waals surface area contributed by atoms with Gasteiger partial charge in [0.2, 0.25) is 0 Å². The highest BCUT2D eigenvalue weighted by Gasteiger charge is 2.25. The van der Waals surface area contributed by atoms with E-state index in [1.54, 1.807) is 5.57 Å². The molecule has 0 aromatic heterocycles. The first-order valence-corrected chi connectivity index (χ1v) is 4.97. The van der Waals surface area contributed by atoms with Gasteiger partial charge in [-0.2, -0.15) is 0 Å². The molecular formula is C11H21N. The summed E-state index contributed by atoms with van der Waals surface area (Å²) in [5, 5.41) is 3.28. The van der Waals surface area contributed by atoms with Crippen LogP contribution in [0.1, 0.15) is 27.2 Å². The van der Waals surface area contributed by atoms with Gasteiger partial charge in [0.05, 0.1) is 0 Å². The molecule has 3 unspecified atom stereocenters. The average molecular weight is 167 g/mol. The molecule has 3 atom stereocenters. The highest BCUT2D eigenvalue weighted by molar-refractivity contribution is 5.08. The van der Waals surface area contributed by atoms with Gasteiger partial charge in [-0.1, -0.05) is 25.5 Å². The molecule has 0 fully saturated rings. The summed E-state index contributed by atoms with van der Waals surface area (Å²) < 4.78 is 0. The van der Waals surface area contributed by atoms with Crippen LogP contribution in [0.3, 0.4) is 0 Å². The fourth-order valence-corrected chi connectivity index (χ4v) is 2.44. The van der Waals surface area contributed by atoms with Crippen molar-refractivity contribution in [2.45, 2.75) is 27.2 Å². The second-order valence-electron chi connectivity index (χ2n) is 4.28. The Morgan fingerprint density at radius 2 is 2.17 bits per heavy atom. The van der Waals surface area contributed by atoms with Crippen molar-refractivity contribution in [3.63, 3.8) is 0 Å². The summed E-state index contributed by atoms with van der Waals surface area (Å²) in [5.74, 6) is 2.43. The van der Waals surface area contributed by atoms with Crippen molar-refractivity contribution in [3.8, 4) is 0 Å². The van der Waals surface area contributed by atoms with E-state index in [0.29, 0.717) is 0 Å². The van der Waals surface area contributed by atoms with Gasteiger partial charge >= 0.3 is 0 Å². The van der Waals surface area contributed by atoms with Crippen LogP contribution in [-0.4, -0.2) is 13.6 Å². The summed E-state index contributed by atoms with van der Waals surface area (Å²) in [6.45, 7) is 8.12. The van der Waals surface area contributed by atoms with Gasteiger partial charge in [-0.15, -0.1) is 0 Å². The molecule has 1 N–H and O–H groups in total. The molecule has 12 heavy (non-hydrogen) atoms. The van der Waals surface area contributed by atoms with E-state index >= 15 is 0 Å².